The van der Waals surface area contributed by atoms with Crippen LogP contribution in [-0.2, 0) is 4.79 Å². The fourth-order valence-electron chi connectivity index (χ4n) is 2.08. The van der Waals surface area contributed by atoms with Gasteiger partial charge in [-0.25, -0.2) is 4.68 Å². The highest BCUT2D eigenvalue weighted by Crippen LogP contribution is 2.14. The van der Waals surface area contributed by atoms with E-state index in [4.69, 9.17) is 16.7 Å². The van der Waals surface area contributed by atoms with Gasteiger partial charge in [-0.1, -0.05) is 24.1 Å². The predicted molar refractivity (Wildman–Crippen MR) is 87.0 cm³/mol. The number of hydrogen-bond acceptors (Lipinski definition) is 3. The van der Waals surface area contributed by atoms with Gasteiger partial charge in [0.2, 0.25) is 0 Å². The Morgan fingerprint density at radius 2 is 2.09 bits per heavy atom. The summed E-state index contributed by atoms with van der Waals surface area (Å²) < 4.78 is 1.59. The summed E-state index contributed by atoms with van der Waals surface area (Å²) in [6.07, 6.45) is 5.46. The molecular weight excluding hydrogens is 318 g/mol. The minimum absolute atomic E-state index is 0.167. The number of aliphatic carboxylic acids is 1. The number of carbonyl (C=O) groups excluding carboxylic acids is 1. The monoisotopic (exact) mass is 335 g/mol. The van der Waals surface area contributed by atoms with E-state index in [9.17, 15) is 9.59 Å². The average Bonchev–Trinajstić information content (AvgIpc) is 3.00. The molecule has 0 aliphatic heterocycles. The molecule has 7 heteroatoms. The van der Waals surface area contributed by atoms with E-state index in [1.165, 1.54) is 6.20 Å². The van der Waals surface area contributed by atoms with Crippen molar-refractivity contribution >= 4 is 23.5 Å². The molecule has 0 bridgehead atoms. The van der Waals surface area contributed by atoms with Crippen molar-refractivity contribution in [3.8, 4) is 5.69 Å². The molecule has 0 radical (unpaired) electrons. The third-order valence-corrected chi connectivity index (χ3v) is 3.51. The molecule has 6 nitrogen and oxygen atoms in total. The van der Waals surface area contributed by atoms with Crippen molar-refractivity contribution in [1.29, 1.82) is 0 Å². The number of amides is 1. The summed E-state index contributed by atoms with van der Waals surface area (Å²) in [6.45, 7) is 0.515. The number of halogens is 1. The third-order valence-electron chi connectivity index (χ3n) is 3.27. The number of aromatic nitrogens is 2. The largest absolute Gasteiger partial charge is 0.481 e. The molecule has 1 aromatic heterocycles. The number of carboxylic acid groups (broad SMARTS) is 1. The minimum Gasteiger partial charge on any atom is -0.481 e. The second-order valence-electron chi connectivity index (χ2n) is 5.11. The topological polar surface area (TPSA) is 84.2 Å². The van der Waals surface area contributed by atoms with Gasteiger partial charge in [-0.15, -0.1) is 0 Å². The van der Waals surface area contributed by atoms with Crippen LogP contribution in [0, 0.1) is 0 Å². The van der Waals surface area contributed by atoms with Crippen LogP contribution < -0.4 is 5.32 Å². The summed E-state index contributed by atoms with van der Waals surface area (Å²) in [4.78, 5) is 22.4. The zero-order valence-electron chi connectivity index (χ0n) is 12.5. The zero-order valence-corrected chi connectivity index (χ0v) is 13.3. The minimum atomic E-state index is -0.789. The second-order valence-corrected chi connectivity index (χ2v) is 5.55. The Labute approximate surface area is 139 Å². The number of benzene rings is 1. The number of nitrogens with one attached hydrogen (secondary N) is 1. The van der Waals surface area contributed by atoms with Crippen molar-refractivity contribution in [2.75, 3.05) is 6.54 Å². The molecule has 23 heavy (non-hydrogen) atoms. The highest BCUT2D eigenvalue weighted by Gasteiger charge is 2.09. The highest BCUT2D eigenvalue weighted by atomic mass is 35.5. The summed E-state index contributed by atoms with van der Waals surface area (Å²) in [5.41, 5.74) is 1.25. The van der Waals surface area contributed by atoms with Gasteiger partial charge in [0, 0.05) is 24.2 Å². The van der Waals surface area contributed by atoms with Crippen LogP contribution in [-0.4, -0.2) is 33.3 Å². The summed E-state index contributed by atoms with van der Waals surface area (Å²) in [5, 5.41) is 16.1. The second kappa shape index (κ2) is 8.33. The molecule has 2 N–H and O–H groups in total. The normalized spacial score (nSPS) is 10.5. The maximum absolute atomic E-state index is 12.0. The fraction of sp³-hybridized carbons (Fsp3) is 0.312. The van der Waals surface area contributed by atoms with Crippen LogP contribution in [0.3, 0.4) is 0 Å². The van der Waals surface area contributed by atoms with Gasteiger partial charge in [0.15, 0.2) is 0 Å². The zero-order chi connectivity index (χ0) is 16.7. The molecule has 0 unspecified atom stereocenters. The third kappa shape index (κ3) is 5.41. The number of nitrogens with zero attached hydrogens (tertiary/aromatic N) is 2. The van der Waals surface area contributed by atoms with Crippen LogP contribution in [0.25, 0.3) is 5.69 Å². The lowest BCUT2D eigenvalue weighted by Crippen LogP contribution is -2.24. The van der Waals surface area contributed by atoms with Gasteiger partial charge in [0.05, 0.1) is 17.4 Å². The molecular formula is C16H18ClN3O3. The molecule has 1 heterocycles. The molecule has 1 aromatic carbocycles. The van der Waals surface area contributed by atoms with Crippen LogP contribution in [0.1, 0.15) is 36.0 Å². The first-order valence-corrected chi connectivity index (χ1v) is 7.74. The highest BCUT2D eigenvalue weighted by molar-refractivity contribution is 6.30. The number of rotatable bonds is 8. The summed E-state index contributed by atoms with van der Waals surface area (Å²) >= 11 is 5.94. The molecule has 0 saturated carbocycles. The molecule has 2 rings (SSSR count). The number of unbranched alkanes of at least 4 members (excludes halogenated alkanes) is 2. The Morgan fingerprint density at radius 1 is 1.26 bits per heavy atom. The Kier molecular flexibility index (Phi) is 6.17. The first kappa shape index (κ1) is 17.0. The van der Waals surface area contributed by atoms with Crippen molar-refractivity contribution in [3.05, 3.63) is 47.2 Å². The molecule has 1 amide bonds. The van der Waals surface area contributed by atoms with Crippen molar-refractivity contribution in [2.45, 2.75) is 25.7 Å². The van der Waals surface area contributed by atoms with Crippen molar-refractivity contribution in [3.63, 3.8) is 0 Å². The SMILES string of the molecule is O=C(O)CCCCCNC(=O)c1cnn(-c2cccc(Cl)c2)c1. The smallest absolute Gasteiger partial charge is 0.303 e. The standard InChI is InChI=1S/C16H18ClN3O3/c17-13-5-4-6-14(9-13)20-11-12(10-19-20)16(23)18-8-3-1-2-7-15(21)22/h4-6,9-11H,1-3,7-8H2,(H,18,23)(H,21,22). The number of hydrogen-bond donors (Lipinski definition) is 2. The maximum atomic E-state index is 12.0. The Bertz CT molecular complexity index is 685. The lowest BCUT2D eigenvalue weighted by molar-refractivity contribution is -0.137. The van der Waals surface area contributed by atoms with Crippen LogP contribution in [0.5, 0.6) is 0 Å². The van der Waals surface area contributed by atoms with E-state index in [1.807, 2.05) is 12.1 Å². The van der Waals surface area contributed by atoms with Gasteiger partial charge < -0.3 is 10.4 Å². The van der Waals surface area contributed by atoms with Crippen molar-refractivity contribution in [2.24, 2.45) is 0 Å². The molecule has 0 aliphatic rings. The Hall–Kier alpha value is -2.34. The van der Waals surface area contributed by atoms with E-state index >= 15 is 0 Å². The molecule has 0 saturated heterocycles. The molecule has 0 atom stereocenters. The quantitative estimate of drug-likeness (QED) is 0.726. The summed E-state index contributed by atoms with van der Waals surface area (Å²) in [5.74, 6) is -0.987. The van der Waals surface area contributed by atoms with Gasteiger partial charge in [-0.05, 0) is 31.0 Å². The van der Waals surface area contributed by atoms with Crippen LogP contribution in [0.4, 0.5) is 0 Å². The summed E-state index contributed by atoms with van der Waals surface area (Å²) in [6, 6.07) is 7.20. The lowest BCUT2D eigenvalue weighted by Gasteiger charge is -2.03. The Morgan fingerprint density at radius 3 is 2.83 bits per heavy atom. The fourth-order valence-corrected chi connectivity index (χ4v) is 2.27. The molecule has 122 valence electrons. The molecule has 2 aromatic rings. The van der Waals surface area contributed by atoms with E-state index in [-0.39, 0.29) is 12.3 Å². The predicted octanol–water partition coefficient (Wildman–Crippen LogP) is 2.90. The van der Waals surface area contributed by atoms with Gasteiger partial charge in [-0.3, -0.25) is 9.59 Å². The van der Waals surface area contributed by atoms with Gasteiger partial charge in [0.25, 0.3) is 5.91 Å². The van der Waals surface area contributed by atoms with Crippen LogP contribution >= 0.6 is 11.6 Å². The number of carboxylic acids is 1. The van der Waals surface area contributed by atoms with Crippen LogP contribution in [0.15, 0.2) is 36.7 Å². The lowest BCUT2D eigenvalue weighted by atomic mass is 10.2. The molecule has 0 fully saturated rings. The first-order valence-electron chi connectivity index (χ1n) is 7.37. The first-order chi connectivity index (χ1) is 11.1. The molecule has 0 aliphatic carbocycles. The van der Waals surface area contributed by atoms with E-state index < -0.39 is 5.97 Å². The Balaban J connectivity index is 1.81. The summed E-state index contributed by atoms with van der Waals surface area (Å²) in [7, 11) is 0. The van der Waals surface area contributed by atoms with Gasteiger partial charge in [0.1, 0.15) is 0 Å². The van der Waals surface area contributed by atoms with E-state index in [2.05, 4.69) is 10.4 Å². The number of carbonyl (C=O) groups is 2. The molecule has 0 spiro atoms. The maximum Gasteiger partial charge on any atom is 0.303 e. The van der Waals surface area contributed by atoms with Crippen LogP contribution in [0.2, 0.25) is 5.02 Å². The van der Waals surface area contributed by atoms with Gasteiger partial charge >= 0.3 is 5.97 Å². The van der Waals surface area contributed by atoms with Crippen molar-refractivity contribution < 1.29 is 14.7 Å². The van der Waals surface area contributed by atoms with Crippen molar-refractivity contribution in [1.82, 2.24) is 15.1 Å². The van der Waals surface area contributed by atoms with Gasteiger partial charge in [-0.2, -0.15) is 5.10 Å². The van der Waals surface area contributed by atoms with E-state index in [0.29, 0.717) is 23.6 Å². The van der Waals surface area contributed by atoms with E-state index in [1.54, 1.807) is 23.0 Å². The van der Waals surface area contributed by atoms with E-state index in [0.717, 1.165) is 18.5 Å². The average molecular weight is 336 g/mol.